The Morgan fingerprint density at radius 2 is 1.77 bits per heavy atom. The van der Waals surface area contributed by atoms with Gasteiger partial charge in [-0.15, -0.1) is 0 Å². The third-order valence-electron chi connectivity index (χ3n) is 7.92. The SMILES string of the molecule is COCCCN1C(=O)COc2ccc(NC(=O)[C@H]3CN(C(=O)OC(C)(C)C)CC[C@@H]3c3cccc(-c4ccccc4)c3)cc21. The molecule has 2 aliphatic heterocycles. The zero-order valence-corrected chi connectivity index (χ0v) is 25.9. The van der Waals surface area contributed by atoms with Crippen LogP contribution in [-0.4, -0.2) is 68.4 Å². The van der Waals surface area contributed by atoms with E-state index in [-0.39, 0.29) is 30.9 Å². The molecule has 0 aliphatic carbocycles. The van der Waals surface area contributed by atoms with Crippen LogP contribution in [0.4, 0.5) is 16.2 Å². The van der Waals surface area contributed by atoms with E-state index in [4.69, 9.17) is 14.2 Å². The molecular formula is C35H41N3O6. The Hall–Kier alpha value is -4.37. The molecule has 5 rings (SSSR count). The van der Waals surface area contributed by atoms with E-state index in [1.54, 1.807) is 35.1 Å². The van der Waals surface area contributed by atoms with E-state index in [1.165, 1.54) is 0 Å². The number of fused-ring (bicyclic) bond motifs is 1. The second-order valence-corrected chi connectivity index (χ2v) is 12.3. The van der Waals surface area contributed by atoms with Gasteiger partial charge in [0.2, 0.25) is 5.91 Å². The normalized spacial score (nSPS) is 18.3. The van der Waals surface area contributed by atoms with Crippen molar-refractivity contribution in [2.75, 3.05) is 50.2 Å². The fraction of sp³-hybridized carbons (Fsp3) is 0.400. The molecule has 9 nitrogen and oxygen atoms in total. The molecule has 3 amide bonds. The first-order valence-corrected chi connectivity index (χ1v) is 15.1. The molecule has 2 aliphatic rings. The highest BCUT2D eigenvalue weighted by Crippen LogP contribution is 2.38. The highest BCUT2D eigenvalue weighted by Gasteiger charge is 2.38. The number of benzene rings is 3. The van der Waals surface area contributed by atoms with E-state index in [2.05, 4.69) is 35.6 Å². The van der Waals surface area contributed by atoms with E-state index in [1.807, 2.05) is 45.0 Å². The summed E-state index contributed by atoms with van der Waals surface area (Å²) in [5.74, 6) is -0.415. The number of methoxy groups -OCH3 is 1. The Labute approximate surface area is 259 Å². The van der Waals surface area contributed by atoms with Gasteiger partial charge >= 0.3 is 6.09 Å². The lowest BCUT2D eigenvalue weighted by atomic mass is 9.79. The van der Waals surface area contributed by atoms with Crippen molar-refractivity contribution in [1.29, 1.82) is 0 Å². The van der Waals surface area contributed by atoms with Crippen molar-refractivity contribution in [1.82, 2.24) is 4.90 Å². The predicted molar refractivity (Wildman–Crippen MR) is 170 cm³/mol. The molecule has 1 saturated heterocycles. The van der Waals surface area contributed by atoms with Gasteiger partial charge in [-0.25, -0.2) is 4.79 Å². The first-order chi connectivity index (χ1) is 21.1. The lowest BCUT2D eigenvalue weighted by Crippen LogP contribution is -2.48. The van der Waals surface area contributed by atoms with Gasteiger partial charge in [-0.05, 0) is 74.4 Å². The van der Waals surface area contributed by atoms with Crippen LogP contribution in [0.25, 0.3) is 11.1 Å². The zero-order valence-electron chi connectivity index (χ0n) is 25.9. The minimum absolute atomic E-state index is 0.0298. The van der Waals surface area contributed by atoms with Crippen LogP contribution < -0.4 is 15.0 Å². The van der Waals surface area contributed by atoms with Crippen LogP contribution in [0.15, 0.2) is 72.8 Å². The Kier molecular flexibility index (Phi) is 9.54. The van der Waals surface area contributed by atoms with Gasteiger partial charge in [-0.3, -0.25) is 9.59 Å². The molecule has 232 valence electrons. The second-order valence-electron chi connectivity index (χ2n) is 12.3. The third-order valence-corrected chi connectivity index (χ3v) is 7.92. The maximum Gasteiger partial charge on any atom is 0.410 e. The van der Waals surface area contributed by atoms with Gasteiger partial charge in [-0.2, -0.15) is 0 Å². The summed E-state index contributed by atoms with van der Waals surface area (Å²) in [5, 5.41) is 3.08. The van der Waals surface area contributed by atoms with Crippen molar-refractivity contribution in [3.05, 3.63) is 78.4 Å². The number of carbonyl (C=O) groups is 3. The van der Waals surface area contributed by atoms with Crippen molar-refractivity contribution in [3.8, 4) is 16.9 Å². The number of anilines is 2. The molecular weight excluding hydrogens is 558 g/mol. The van der Waals surface area contributed by atoms with Gasteiger partial charge in [-0.1, -0.05) is 54.6 Å². The Balaban J connectivity index is 1.41. The van der Waals surface area contributed by atoms with E-state index in [0.717, 1.165) is 16.7 Å². The lowest BCUT2D eigenvalue weighted by molar-refractivity contribution is -0.122. The summed E-state index contributed by atoms with van der Waals surface area (Å²) < 4.78 is 16.5. The number of nitrogens with zero attached hydrogens (tertiary/aromatic N) is 2. The number of rotatable bonds is 8. The summed E-state index contributed by atoms with van der Waals surface area (Å²) in [6.07, 6.45) is 0.850. The van der Waals surface area contributed by atoms with Gasteiger partial charge in [0.05, 0.1) is 11.6 Å². The minimum atomic E-state index is -0.645. The topological polar surface area (TPSA) is 97.4 Å². The molecule has 0 unspecified atom stereocenters. The fourth-order valence-electron chi connectivity index (χ4n) is 5.82. The van der Waals surface area contributed by atoms with Gasteiger partial charge in [0, 0.05) is 39.0 Å². The van der Waals surface area contributed by atoms with Crippen LogP contribution in [0.1, 0.15) is 45.1 Å². The van der Waals surface area contributed by atoms with Crippen molar-refractivity contribution in [3.63, 3.8) is 0 Å². The second kappa shape index (κ2) is 13.5. The molecule has 44 heavy (non-hydrogen) atoms. The first kappa shape index (κ1) is 31.1. The van der Waals surface area contributed by atoms with Crippen LogP contribution in [0.3, 0.4) is 0 Å². The van der Waals surface area contributed by atoms with E-state index >= 15 is 0 Å². The molecule has 1 N–H and O–H groups in total. The maximum absolute atomic E-state index is 14.1. The number of ether oxygens (including phenoxy) is 3. The molecule has 3 aromatic rings. The predicted octanol–water partition coefficient (Wildman–Crippen LogP) is 6.09. The minimum Gasteiger partial charge on any atom is -0.482 e. The van der Waals surface area contributed by atoms with Crippen molar-refractivity contribution in [2.45, 2.75) is 45.1 Å². The van der Waals surface area contributed by atoms with Crippen LogP contribution in [0.2, 0.25) is 0 Å². The number of piperidine rings is 1. The summed E-state index contributed by atoms with van der Waals surface area (Å²) in [4.78, 5) is 43.1. The summed E-state index contributed by atoms with van der Waals surface area (Å²) in [5.41, 5.74) is 3.74. The summed E-state index contributed by atoms with van der Waals surface area (Å²) in [7, 11) is 1.63. The molecule has 0 aromatic heterocycles. The fourth-order valence-corrected chi connectivity index (χ4v) is 5.82. The lowest BCUT2D eigenvalue weighted by Gasteiger charge is -2.38. The molecule has 3 aromatic carbocycles. The summed E-state index contributed by atoms with van der Waals surface area (Å²) in [6.45, 7) is 7.18. The number of amides is 3. The molecule has 9 heteroatoms. The Morgan fingerprint density at radius 1 is 1.00 bits per heavy atom. The third kappa shape index (κ3) is 7.39. The first-order valence-electron chi connectivity index (χ1n) is 15.1. The largest absolute Gasteiger partial charge is 0.482 e. The van der Waals surface area contributed by atoms with Crippen molar-refractivity contribution in [2.24, 2.45) is 5.92 Å². The highest BCUT2D eigenvalue weighted by molar-refractivity contribution is 6.00. The standard InChI is InChI=1S/C35H41N3O6/c1-35(2,3)44-34(41)37-18-16-28(26-13-8-12-25(20-26)24-10-6-5-7-11-24)29(22-37)33(40)36-27-14-15-31-30(21-27)38(17-9-19-42-4)32(39)23-43-31/h5-8,10-15,20-21,28-29H,9,16-19,22-23H2,1-4H3,(H,36,40)/t28-,29+/m1/s1. The number of hydrogen-bond donors (Lipinski definition) is 1. The molecule has 0 bridgehead atoms. The monoisotopic (exact) mass is 599 g/mol. The molecule has 2 heterocycles. The summed E-state index contributed by atoms with van der Waals surface area (Å²) in [6, 6.07) is 23.7. The van der Waals surface area contributed by atoms with Crippen LogP contribution in [0.5, 0.6) is 5.75 Å². The van der Waals surface area contributed by atoms with Gasteiger partial charge in [0.1, 0.15) is 11.4 Å². The van der Waals surface area contributed by atoms with Crippen LogP contribution >= 0.6 is 0 Å². The molecule has 0 saturated carbocycles. The average molecular weight is 600 g/mol. The Bertz CT molecular complexity index is 1490. The Morgan fingerprint density at radius 3 is 2.52 bits per heavy atom. The van der Waals surface area contributed by atoms with Gasteiger partial charge in [0.15, 0.2) is 6.61 Å². The number of likely N-dealkylation sites (tertiary alicyclic amines) is 1. The van der Waals surface area contributed by atoms with Crippen LogP contribution in [-0.2, 0) is 19.1 Å². The molecule has 0 spiro atoms. The molecule has 1 fully saturated rings. The quantitative estimate of drug-likeness (QED) is 0.315. The average Bonchev–Trinajstić information content (AvgIpc) is 3.01. The van der Waals surface area contributed by atoms with E-state index in [0.29, 0.717) is 49.7 Å². The van der Waals surface area contributed by atoms with Crippen molar-refractivity contribution < 1.29 is 28.6 Å². The molecule has 2 atom stereocenters. The number of nitrogens with one attached hydrogen (secondary N) is 1. The smallest absolute Gasteiger partial charge is 0.410 e. The number of carbonyl (C=O) groups excluding carboxylic acids is 3. The van der Waals surface area contributed by atoms with Crippen molar-refractivity contribution >= 4 is 29.3 Å². The highest BCUT2D eigenvalue weighted by atomic mass is 16.6. The molecule has 0 radical (unpaired) electrons. The summed E-state index contributed by atoms with van der Waals surface area (Å²) >= 11 is 0. The number of hydrogen-bond acceptors (Lipinski definition) is 6. The van der Waals surface area contributed by atoms with Crippen LogP contribution in [0, 0.1) is 5.92 Å². The van der Waals surface area contributed by atoms with E-state index < -0.39 is 17.6 Å². The maximum atomic E-state index is 14.1. The van der Waals surface area contributed by atoms with Gasteiger partial charge in [0.25, 0.3) is 5.91 Å². The van der Waals surface area contributed by atoms with Gasteiger partial charge < -0.3 is 29.3 Å². The zero-order chi connectivity index (χ0) is 31.3. The van der Waals surface area contributed by atoms with E-state index in [9.17, 15) is 14.4 Å².